The smallest absolute Gasteiger partial charge is 0.281 e. The molecule has 1 unspecified atom stereocenters. The number of aldehydes is 1. The zero-order valence-electron chi connectivity index (χ0n) is 17.4. The van der Waals surface area contributed by atoms with Crippen molar-refractivity contribution in [3.05, 3.63) is 94.0 Å². The highest BCUT2D eigenvalue weighted by Crippen LogP contribution is 2.34. The van der Waals surface area contributed by atoms with Gasteiger partial charge in [-0.1, -0.05) is 52.3 Å². The third-order valence-corrected chi connectivity index (χ3v) is 5.73. The van der Waals surface area contributed by atoms with Crippen LogP contribution in [0.5, 0.6) is 11.5 Å². The summed E-state index contributed by atoms with van der Waals surface area (Å²) in [5.41, 5.74) is 3.23. The Morgan fingerprint density at radius 3 is 2.53 bits per heavy atom. The number of nitrogens with zero attached hydrogens (tertiary/aromatic N) is 2. The number of halogens is 1. The minimum absolute atomic E-state index is 0.188. The summed E-state index contributed by atoms with van der Waals surface area (Å²) in [6, 6.07) is 21.9. The summed E-state index contributed by atoms with van der Waals surface area (Å²) in [6.07, 6.45) is 1.32. The molecule has 162 valence electrons. The van der Waals surface area contributed by atoms with Crippen molar-refractivity contribution in [2.24, 2.45) is 5.10 Å². The van der Waals surface area contributed by atoms with Gasteiger partial charge in [0, 0.05) is 16.5 Å². The minimum Gasteiger partial charge on any atom is -0.497 e. The maximum absolute atomic E-state index is 13.1. The molecule has 0 fully saturated rings. The monoisotopic (exact) mass is 492 g/mol. The van der Waals surface area contributed by atoms with Crippen LogP contribution >= 0.6 is 15.9 Å². The molecular weight excluding hydrogens is 472 g/mol. The van der Waals surface area contributed by atoms with E-state index in [9.17, 15) is 9.59 Å². The number of hydrogen-bond acceptors (Lipinski definition) is 5. The number of benzene rings is 3. The average Bonchev–Trinajstić information content (AvgIpc) is 3.29. The van der Waals surface area contributed by atoms with Crippen molar-refractivity contribution in [2.45, 2.75) is 12.5 Å². The Morgan fingerprint density at radius 1 is 1.09 bits per heavy atom. The molecule has 0 spiro atoms. The van der Waals surface area contributed by atoms with Gasteiger partial charge in [0.1, 0.15) is 17.8 Å². The third-order valence-electron chi connectivity index (χ3n) is 5.20. The van der Waals surface area contributed by atoms with Crippen LogP contribution in [0.2, 0.25) is 0 Å². The van der Waals surface area contributed by atoms with Gasteiger partial charge in [0.15, 0.2) is 6.61 Å². The number of carbonyl (C=O) groups excluding carboxylic acids is 2. The molecule has 1 amide bonds. The van der Waals surface area contributed by atoms with E-state index in [1.165, 1.54) is 5.01 Å². The number of amides is 1. The largest absolute Gasteiger partial charge is 0.497 e. The van der Waals surface area contributed by atoms with Crippen molar-refractivity contribution in [2.75, 3.05) is 13.7 Å². The number of rotatable bonds is 7. The minimum atomic E-state index is -0.269. The molecule has 0 N–H and O–H groups in total. The van der Waals surface area contributed by atoms with Gasteiger partial charge in [-0.15, -0.1) is 0 Å². The topological polar surface area (TPSA) is 68.2 Å². The molecule has 32 heavy (non-hydrogen) atoms. The number of hydrazone groups is 1. The summed E-state index contributed by atoms with van der Waals surface area (Å²) in [6.45, 7) is -0.188. The lowest BCUT2D eigenvalue weighted by Gasteiger charge is -2.22. The van der Waals surface area contributed by atoms with Crippen LogP contribution in [-0.2, 0) is 4.79 Å². The van der Waals surface area contributed by atoms with Gasteiger partial charge in [-0.05, 0) is 47.5 Å². The van der Waals surface area contributed by atoms with E-state index in [-0.39, 0.29) is 18.6 Å². The van der Waals surface area contributed by atoms with E-state index in [1.807, 2.05) is 48.5 Å². The third kappa shape index (κ3) is 4.89. The Morgan fingerprint density at radius 2 is 1.84 bits per heavy atom. The Hall–Kier alpha value is -3.45. The molecule has 1 atom stereocenters. The first-order chi connectivity index (χ1) is 15.6. The second-order valence-corrected chi connectivity index (χ2v) is 8.18. The highest BCUT2D eigenvalue weighted by molar-refractivity contribution is 9.10. The van der Waals surface area contributed by atoms with Crippen LogP contribution in [0.1, 0.15) is 33.9 Å². The number of methoxy groups -OCH3 is 1. The average molecular weight is 493 g/mol. The van der Waals surface area contributed by atoms with Crippen LogP contribution in [0.15, 0.2) is 82.4 Å². The van der Waals surface area contributed by atoms with Crippen molar-refractivity contribution in [1.82, 2.24) is 5.01 Å². The normalized spacial score (nSPS) is 15.2. The molecule has 1 heterocycles. The summed E-state index contributed by atoms with van der Waals surface area (Å²) >= 11 is 3.45. The molecule has 6 nitrogen and oxygen atoms in total. The Balaban J connectivity index is 1.57. The van der Waals surface area contributed by atoms with Crippen LogP contribution in [0.4, 0.5) is 0 Å². The predicted molar refractivity (Wildman–Crippen MR) is 125 cm³/mol. The van der Waals surface area contributed by atoms with Gasteiger partial charge < -0.3 is 9.47 Å². The zero-order chi connectivity index (χ0) is 22.5. The van der Waals surface area contributed by atoms with Gasteiger partial charge >= 0.3 is 0 Å². The van der Waals surface area contributed by atoms with Crippen LogP contribution in [0.25, 0.3) is 0 Å². The van der Waals surface area contributed by atoms with E-state index >= 15 is 0 Å². The first kappa shape index (κ1) is 21.8. The molecule has 0 aliphatic carbocycles. The van der Waals surface area contributed by atoms with E-state index in [0.717, 1.165) is 33.3 Å². The van der Waals surface area contributed by atoms with Gasteiger partial charge in [-0.3, -0.25) is 9.59 Å². The maximum atomic E-state index is 13.1. The second kappa shape index (κ2) is 9.78. The van der Waals surface area contributed by atoms with Crippen molar-refractivity contribution in [3.63, 3.8) is 0 Å². The van der Waals surface area contributed by atoms with E-state index in [0.29, 0.717) is 17.7 Å². The van der Waals surface area contributed by atoms with Gasteiger partial charge in [0.2, 0.25) is 0 Å². The van der Waals surface area contributed by atoms with E-state index < -0.39 is 0 Å². The Kier molecular flexibility index (Phi) is 6.66. The molecule has 0 aromatic heterocycles. The zero-order valence-corrected chi connectivity index (χ0v) is 19.0. The standard InChI is InChI=1S/C25H21BrN2O4/c1-31-21-11-7-19(8-12-21)24-14-23(18-5-9-20(26)10-6-18)27-28(24)25(30)16-32-22-4-2-3-17(13-22)15-29/h2-13,15,24H,14,16H2,1H3. The predicted octanol–water partition coefficient (Wildman–Crippen LogP) is 5.03. The fraction of sp³-hybridized carbons (Fsp3) is 0.160. The molecule has 1 aliphatic rings. The van der Waals surface area contributed by atoms with E-state index in [2.05, 4.69) is 21.0 Å². The second-order valence-electron chi connectivity index (χ2n) is 7.26. The molecule has 0 radical (unpaired) electrons. The van der Waals surface area contributed by atoms with Gasteiger partial charge in [0.05, 0.1) is 18.9 Å². The van der Waals surface area contributed by atoms with E-state index in [1.54, 1.807) is 31.4 Å². The molecule has 0 saturated carbocycles. The Labute approximate surface area is 194 Å². The van der Waals surface area contributed by atoms with Gasteiger partial charge in [0.25, 0.3) is 5.91 Å². The maximum Gasteiger partial charge on any atom is 0.281 e. The van der Waals surface area contributed by atoms with Crippen LogP contribution in [0.3, 0.4) is 0 Å². The van der Waals surface area contributed by atoms with E-state index in [4.69, 9.17) is 9.47 Å². The molecular formula is C25H21BrN2O4. The molecule has 0 bridgehead atoms. The van der Waals surface area contributed by atoms with Crippen LogP contribution < -0.4 is 9.47 Å². The first-order valence-electron chi connectivity index (χ1n) is 10.0. The highest BCUT2D eigenvalue weighted by atomic mass is 79.9. The quantitative estimate of drug-likeness (QED) is 0.434. The summed E-state index contributed by atoms with van der Waals surface area (Å²) < 4.78 is 11.9. The van der Waals surface area contributed by atoms with Crippen LogP contribution in [0, 0.1) is 0 Å². The lowest BCUT2D eigenvalue weighted by atomic mass is 9.98. The number of carbonyl (C=O) groups is 2. The van der Waals surface area contributed by atoms with Gasteiger partial charge in [-0.2, -0.15) is 5.10 Å². The number of ether oxygens (including phenoxy) is 2. The molecule has 7 heteroatoms. The van der Waals surface area contributed by atoms with Crippen molar-refractivity contribution in [3.8, 4) is 11.5 Å². The summed E-state index contributed by atoms with van der Waals surface area (Å²) in [4.78, 5) is 24.1. The lowest BCUT2D eigenvalue weighted by molar-refractivity contribution is -0.135. The molecule has 4 rings (SSSR count). The van der Waals surface area contributed by atoms with Crippen LogP contribution in [-0.4, -0.2) is 36.6 Å². The molecule has 0 saturated heterocycles. The van der Waals surface area contributed by atoms with Crippen molar-refractivity contribution in [1.29, 1.82) is 0 Å². The van der Waals surface area contributed by atoms with Crippen molar-refractivity contribution < 1.29 is 19.1 Å². The summed E-state index contributed by atoms with van der Waals surface area (Å²) in [7, 11) is 1.62. The molecule has 1 aliphatic heterocycles. The summed E-state index contributed by atoms with van der Waals surface area (Å²) in [5.74, 6) is 0.937. The fourth-order valence-electron chi connectivity index (χ4n) is 3.53. The van der Waals surface area contributed by atoms with Crippen molar-refractivity contribution >= 4 is 33.8 Å². The SMILES string of the molecule is COc1ccc(C2CC(c3ccc(Br)cc3)=NN2C(=O)COc2cccc(C=O)c2)cc1. The number of hydrogen-bond donors (Lipinski definition) is 0. The summed E-state index contributed by atoms with van der Waals surface area (Å²) in [5, 5.41) is 6.14. The lowest BCUT2D eigenvalue weighted by Crippen LogP contribution is -2.31. The highest BCUT2D eigenvalue weighted by Gasteiger charge is 2.33. The molecule has 3 aromatic rings. The molecule has 3 aromatic carbocycles. The first-order valence-corrected chi connectivity index (χ1v) is 10.8. The Bertz CT molecular complexity index is 1140. The fourth-order valence-corrected chi connectivity index (χ4v) is 3.80. The van der Waals surface area contributed by atoms with Gasteiger partial charge in [-0.25, -0.2) is 5.01 Å².